The minimum Gasteiger partial charge on any atom is -1.00 e. The maximum Gasteiger partial charge on any atom is 2.00 e. The van der Waals surface area contributed by atoms with Crippen LogP contribution in [0.25, 0.3) is 0 Å². The van der Waals surface area contributed by atoms with Crippen LogP contribution >= 0.6 is 0 Å². The first kappa shape index (κ1) is 25.6. The van der Waals surface area contributed by atoms with E-state index in [2.05, 4.69) is 0 Å². The molecule has 0 saturated heterocycles. The van der Waals surface area contributed by atoms with E-state index in [9.17, 15) is 0 Å². The van der Waals surface area contributed by atoms with Crippen molar-refractivity contribution in [1.82, 2.24) is 0 Å². The van der Waals surface area contributed by atoms with Crippen molar-refractivity contribution in [2.75, 3.05) is 0 Å². The molecular formula is H9AlMgOSiY. The Labute approximate surface area is 90.0 Å². The topological polar surface area (TPSA) is 20.2 Å². The molecule has 27 valence electrons. The van der Waals surface area contributed by atoms with E-state index in [0.717, 1.165) is 0 Å². The Hall–Kier alpha value is 2.58. The molecule has 0 amide bonds. The Morgan fingerprint density at radius 1 is 1.40 bits per heavy atom. The summed E-state index contributed by atoms with van der Waals surface area (Å²) in [6, 6.07) is 0. The van der Waals surface area contributed by atoms with Gasteiger partial charge in [0.2, 0.25) is 0 Å². The second-order valence-corrected chi connectivity index (χ2v) is 0. The van der Waals surface area contributed by atoms with Gasteiger partial charge >= 0.3 is 23.1 Å². The molecule has 1 radical (unpaired) electrons. The Balaban J connectivity index is -0.000000000500. The molecule has 0 aromatic heterocycles. The molecule has 0 aromatic rings. The zero-order chi connectivity index (χ0) is 2.00. The number of hydrogen-bond acceptors (Lipinski definition) is 1. The van der Waals surface area contributed by atoms with E-state index < -0.39 is 0 Å². The van der Waals surface area contributed by atoms with Crippen LogP contribution in [-0.2, 0) is 32.7 Å². The van der Waals surface area contributed by atoms with Crippen molar-refractivity contribution >= 4 is 50.9 Å². The molecule has 0 rings (SSSR count). The van der Waals surface area contributed by atoms with Gasteiger partial charge in [-0.15, -0.1) is 0 Å². The van der Waals surface area contributed by atoms with Crippen LogP contribution in [0.2, 0.25) is 0 Å². The van der Waals surface area contributed by atoms with Gasteiger partial charge in [-0.1, -0.05) is 0 Å². The van der Waals surface area contributed by atoms with Crippen LogP contribution in [0, 0.1) is 0 Å². The molecule has 0 aliphatic heterocycles. The Bertz CT molecular complexity index is 17.7. The van der Waals surface area contributed by atoms with Crippen LogP contribution in [0.1, 0.15) is 2.85 Å². The summed E-state index contributed by atoms with van der Waals surface area (Å²) in [5, 5.41) is 0. The predicted octanol–water partition coefficient (Wildman–Crippen LogP) is -3.08. The van der Waals surface area contributed by atoms with E-state index in [0.29, 0.717) is 10.5 Å². The molecular weight excluding hydrogens is 184 g/mol. The number of rotatable bonds is 0. The summed E-state index contributed by atoms with van der Waals surface area (Å²) < 4.78 is 0. The van der Waals surface area contributed by atoms with E-state index in [-0.39, 0.29) is 76.0 Å². The van der Waals surface area contributed by atoms with Gasteiger partial charge in [0.1, 0.15) is 10.5 Å². The molecule has 0 aromatic carbocycles. The van der Waals surface area contributed by atoms with Crippen molar-refractivity contribution < 1.29 is 40.4 Å². The summed E-state index contributed by atoms with van der Waals surface area (Å²) in [4.78, 5) is 7.14. The van der Waals surface area contributed by atoms with Crippen LogP contribution in [0.4, 0.5) is 0 Å². The second kappa shape index (κ2) is 30.8. The molecule has 1 nitrogen and oxygen atoms in total. The molecule has 0 heterocycles. The molecule has 5 heteroatoms. The van der Waals surface area contributed by atoms with Gasteiger partial charge in [-0.3, -0.25) is 0 Å². The first-order valence-electron chi connectivity index (χ1n) is 0.447. The monoisotopic (exact) mass is 193 g/mol. The molecule has 0 atom stereocenters. The summed E-state index contributed by atoms with van der Waals surface area (Å²) in [5.41, 5.74) is 0. The summed E-state index contributed by atoms with van der Waals surface area (Å²) in [5.74, 6) is 0. The van der Waals surface area contributed by atoms with Gasteiger partial charge in [-0.05, 0) is 0 Å². The van der Waals surface area contributed by atoms with E-state index in [1.165, 1.54) is 0 Å². The maximum atomic E-state index is 7.14. The first-order chi connectivity index (χ1) is 1.00. The van der Waals surface area contributed by atoms with Crippen LogP contribution in [0.15, 0.2) is 0 Å². The summed E-state index contributed by atoms with van der Waals surface area (Å²) >= 11 is 0. The fraction of sp³-hybridized carbons (Fsp3) is 0. The normalized spacial score (nSPS) is 1.80. The molecule has 1 N–H and O–H groups in total. The van der Waals surface area contributed by atoms with Crippen molar-refractivity contribution in [2.24, 2.45) is 0 Å². The standard InChI is InChI=1S/Al.Mg.H4OSi.Y.5H/c;;1-2;;;;;;/h;;1H,2H3;;;;;;/q;+2;;;;;;2*-1. The zero-order valence-corrected chi connectivity index (χ0v) is 8.98. The first-order valence-corrected chi connectivity index (χ1v) is 1.34. The van der Waals surface area contributed by atoms with Crippen LogP contribution in [0.3, 0.4) is 0 Å². The van der Waals surface area contributed by atoms with E-state index >= 15 is 0 Å². The van der Waals surface area contributed by atoms with Gasteiger partial charge in [0.15, 0.2) is 17.4 Å². The van der Waals surface area contributed by atoms with Crippen LogP contribution in [0.5, 0.6) is 0 Å². The smallest absolute Gasteiger partial charge is 1.00 e. The SMILES string of the molecule is O[SiH3].[AlH3].[H-].[H-].[Mg+2].[Y]. The van der Waals surface area contributed by atoms with E-state index in [4.69, 9.17) is 4.80 Å². The van der Waals surface area contributed by atoms with Crippen molar-refractivity contribution in [2.45, 2.75) is 0 Å². The molecule has 5 heavy (non-hydrogen) atoms. The third-order valence-corrected chi connectivity index (χ3v) is 0. The molecule has 0 fully saturated rings. The third-order valence-electron chi connectivity index (χ3n) is 0. The molecule has 0 spiro atoms. The van der Waals surface area contributed by atoms with E-state index in [1.54, 1.807) is 0 Å². The summed E-state index contributed by atoms with van der Waals surface area (Å²) in [6.07, 6.45) is 0. The average Bonchev–Trinajstić information content (AvgIpc) is 1.00. The molecule has 0 aliphatic carbocycles. The average molecular weight is 193 g/mol. The summed E-state index contributed by atoms with van der Waals surface area (Å²) in [6.45, 7) is 0. The third kappa shape index (κ3) is 20.7. The predicted molar refractivity (Wildman–Crippen MR) is 30.1 cm³/mol. The molecule has 0 aliphatic rings. The van der Waals surface area contributed by atoms with Gasteiger partial charge in [-0.2, -0.15) is 0 Å². The second-order valence-electron chi connectivity index (χ2n) is 0. The minimum absolute atomic E-state index is 0. The Morgan fingerprint density at radius 2 is 1.40 bits per heavy atom. The van der Waals surface area contributed by atoms with Crippen molar-refractivity contribution in [3.05, 3.63) is 0 Å². The van der Waals surface area contributed by atoms with Gasteiger partial charge in [0, 0.05) is 32.7 Å². The zero-order valence-electron chi connectivity index (χ0n) is 4.73. The van der Waals surface area contributed by atoms with Gasteiger partial charge in [-0.25, -0.2) is 0 Å². The molecule has 0 unspecified atom stereocenters. The van der Waals surface area contributed by atoms with Crippen molar-refractivity contribution in [3.63, 3.8) is 0 Å². The number of hydrogen-bond donors (Lipinski definition) is 1. The largest absolute Gasteiger partial charge is 2.00 e. The summed E-state index contributed by atoms with van der Waals surface area (Å²) in [7, 11) is 0.306. The molecule has 0 bridgehead atoms. The van der Waals surface area contributed by atoms with Gasteiger partial charge in [0.05, 0.1) is 0 Å². The van der Waals surface area contributed by atoms with Crippen LogP contribution in [-0.4, -0.2) is 55.7 Å². The Morgan fingerprint density at radius 3 is 1.40 bits per heavy atom. The van der Waals surface area contributed by atoms with E-state index in [1.807, 2.05) is 0 Å². The quantitative estimate of drug-likeness (QED) is 0.405. The van der Waals surface area contributed by atoms with Crippen molar-refractivity contribution in [3.8, 4) is 0 Å². The van der Waals surface area contributed by atoms with Gasteiger partial charge in [0.25, 0.3) is 0 Å². The molecule has 0 saturated carbocycles. The fourth-order valence-electron chi connectivity index (χ4n) is 0. The van der Waals surface area contributed by atoms with Crippen LogP contribution < -0.4 is 0 Å². The fourth-order valence-corrected chi connectivity index (χ4v) is 0. The maximum absolute atomic E-state index is 7.14. The minimum atomic E-state index is 0. The van der Waals surface area contributed by atoms with Gasteiger partial charge < -0.3 is 7.65 Å². The van der Waals surface area contributed by atoms with Crippen molar-refractivity contribution in [1.29, 1.82) is 0 Å². The Kier molecular flexibility index (Phi) is 158.